The Balaban J connectivity index is 0.000000804. The minimum absolute atomic E-state index is 0.175. The molecular weight excluding hydrogens is 393 g/mol. The van der Waals surface area contributed by atoms with E-state index >= 15 is 0 Å². The van der Waals surface area contributed by atoms with E-state index in [4.69, 9.17) is 10.1 Å². The lowest BCUT2D eigenvalue weighted by atomic mass is 9.97. The fourth-order valence-corrected chi connectivity index (χ4v) is 2.63. The number of nitrogens with zero attached hydrogens (tertiary/aromatic N) is 1. The van der Waals surface area contributed by atoms with Crippen LogP contribution in [-0.2, 0) is 17.8 Å². The van der Waals surface area contributed by atoms with E-state index in [0.717, 1.165) is 17.0 Å². The van der Waals surface area contributed by atoms with Crippen LogP contribution in [0.15, 0.2) is 24.3 Å². The summed E-state index contributed by atoms with van der Waals surface area (Å²) in [6.07, 6.45) is -2.58. The Morgan fingerprint density at radius 3 is 2.17 bits per heavy atom. The number of nitrogens with one attached hydrogen (secondary N) is 1. The monoisotopic (exact) mass is 426 g/mol. The summed E-state index contributed by atoms with van der Waals surface area (Å²) in [5.74, 6) is 0.884. The van der Waals surface area contributed by atoms with Gasteiger partial charge in [0.15, 0.2) is 0 Å². The molecule has 30 heavy (non-hydrogen) atoms. The number of fused-ring (bicyclic) bond motifs is 1. The minimum atomic E-state index is -4.70. The normalized spacial score (nSPS) is 14.2. The summed E-state index contributed by atoms with van der Waals surface area (Å²) in [6, 6.07) is 4.85. The van der Waals surface area contributed by atoms with Gasteiger partial charge in [0.05, 0.1) is 0 Å². The number of alkyl halides is 3. The van der Waals surface area contributed by atoms with Gasteiger partial charge in [0, 0.05) is 18.7 Å². The van der Waals surface area contributed by atoms with Crippen molar-refractivity contribution in [2.45, 2.75) is 79.8 Å². The van der Waals surface area contributed by atoms with Crippen LogP contribution in [0.4, 0.5) is 18.0 Å². The molecule has 1 N–H and O–H groups in total. The zero-order valence-corrected chi connectivity index (χ0v) is 18.9. The Kier molecular flexibility index (Phi) is 8.69. The molecule has 168 valence electrons. The molecular formula is C23H33F3N2O2. The van der Waals surface area contributed by atoms with Gasteiger partial charge in [-0.1, -0.05) is 45.4 Å². The molecule has 1 heterocycles. The standard InChI is InChI=1S/C18H21F3N2O2.C5H12/c1-5-14(15(22)18(19,20)21)11-6-7-12-9-23(10-13(12)8-11)16(24)25-17(2,3)4;1-4-5(2)3/h5-8,22H,9-10H2,1-4H3;5H,4H2,1-3H3/b14-5-,22-15?;. The van der Waals surface area contributed by atoms with Crippen molar-refractivity contribution >= 4 is 17.4 Å². The molecule has 1 aromatic carbocycles. The van der Waals surface area contributed by atoms with Crippen LogP contribution < -0.4 is 0 Å². The van der Waals surface area contributed by atoms with Gasteiger partial charge in [0.2, 0.25) is 0 Å². The second-order valence-electron chi connectivity index (χ2n) is 8.70. The average molecular weight is 427 g/mol. The van der Waals surface area contributed by atoms with Crippen molar-refractivity contribution in [1.82, 2.24) is 4.90 Å². The summed E-state index contributed by atoms with van der Waals surface area (Å²) in [7, 11) is 0. The first-order valence-corrected chi connectivity index (χ1v) is 10.1. The van der Waals surface area contributed by atoms with Gasteiger partial charge in [-0.15, -0.1) is 0 Å². The molecule has 0 atom stereocenters. The van der Waals surface area contributed by atoms with Crippen LogP contribution in [-0.4, -0.2) is 28.5 Å². The van der Waals surface area contributed by atoms with Crippen LogP contribution in [0.3, 0.4) is 0 Å². The minimum Gasteiger partial charge on any atom is -0.444 e. The molecule has 0 saturated carbocycles. The summed E-state index contributed by atoms with van der Waals surface area (Å²) >= 11 is 0. The van der Waals surface area contributed by atoms with Gasteiger partial charge < -0.3 is 4.74 Å². The van der Waals surface area contributed by atoms with E-state index in [1.807, 2.05) is 0 Å². The highest BCUT2D eigenvalue weighted by molar-refractivity contribution is 6.24. The van der Waals surface area contributed by atoms with Gasteiger partial charge in [-0.2, -0.15) is 13.2 Å². The maximum atomic E-state index is 12.8. The van der Waals surface area contributed by atoms with Gasteiger partial charge in [0.25, 0.3) is 0 Å². The molecule has 0 unspecified atom stereocenters. The van der Waals surface area contributed by atoms with Crippen molar-refractivity contribution in [1.29, 1.82) is 5.41 Å². The van der Waals surface area contributed by atoms with Gasteiger partial charge >= 0.3 is 12.3 Å². The summed E-state index contributed by atoms with van der Waals surface area (Å²) in [6.45, 7) is 14.1. The first-order valence-electron chi connectivity index (χ1n) is 10.1. The number of carbonyl (C=O) groups excluding carboxylic acids is 1. The van der Waals surface area contributed by atoms with Crippen molar-refractivity contribution in [2.75, 3.05) is 0 Å². The molecule has 4 nitrogen and oxygen atoms in total. The molecule has 7 heteroatoms. The van der Waals surface area contributed by atoms with E-state index in [1.54, 1.807) is 39.0 Å². The lowest BCUT2D eigenvalue weighted by molar-refractivity contribution is -0.0578. The highest BCUT2D eigenvalue weighted by atomic mass is 19.4. The van der Waals surface area contributed by atoms with E-state index in [-0.39, 0.29) is 12.1 Å². The molecule has 1 aliphatic rings. The highest BCUT2D eigenvalue weighted by Crippen LogP contribution is 2.31. The second kappa shape index (κ2) is 10.1. The molecule has 1 aromatic rings. The lowest BCUT2D eigenvalue weighted by Crippen LogP contribution is -2.33. The third kappa shape index (κ3) is 7.50. The molecule has 0 spiro atoms. The van der Waals surface area contributed by atoms with E-state index in [1.165, 1.54) is 24.3 Å². The lowest BCUT2D eigenvalue weighted by Gasteiger charge is -2.24. The zero-order chi connectivity index (χ0) is 23.3. The predicted molar refractivity (Wildman–Crippen MR) is 114 cm³/mol. The van der Waals surface area contributed by atoms with Crippen LogP contribution in [0.2, 0.25) is 0 Å². The number of amides is 1. The summed E-state index contributed by atoms with van der Waals surface area (Å²) in [4.78, 5) is 13.7. The number of rotatable bonds is 3. The van der Waals surface area contributed by atoms with E-state index in [9.17, 15) is 18.0 Å². The molecule has 0 aliphatic carbocycles. The van der Waals surface area contributed by atoms with Crippen molar-refractivity contribution in [3.63, 3.8) is 0 Å². The molecule has 1 aliphatic heterocycles. The summed E-state index contributed by atoms with van der Waals surface area (Å²) in [5.41, 5.74) is -0.226. The van der Waals surface area contributed by atoms with Gasteiger partial charge in [-0.3, -0.25) is 10.3 Å². The SMILES string of the molecule is C/C=C(\C(=N)C(F)(F)F)c1ccc2c(c1)CN(C(=O)OC(C)(C)C)C2.CCC(C)C. The number of carbonyl (C=O) groups is 1. The fourth-order valence-electron chi connectivity index (χ4n) is 2.63. The van der Waals surface area contributed by atoms with Gasteiger partial charge in [-0.25, -0.2) is 4.79 Å². The fraction of sp³-hybridized carbons (Fsp3) is 0.565. The maximum absolute atomic E-state index is 12.8. The quantitative estimate of drug-likeness (QED) is 0.530. The molecule has 0 fully saturated rings. The Morgan fingerprint density at radius 2 is 1.73 bits per heavy atom. The van der Waals surface area contributed by atoms with Crippen LogP contribution in [0.25, 0.3) is 5.57 Å². The first kappa shape index (κ1) is 25.7. The molecule has 0 aromatic heterocycles. The van der Waals surface area contributed by atoms with Crippen molar-refractivity contribution in [3.8, 4) is 0 Å². The summed E-state index contributed by atoms with van der Waals surface area (Å²) < 4.78 is 43.8. The van der Waals surface area contributed by atoms with Crippen molar-refractivity contribution in [2.24, 2.45) is 5.92 Å². The molecule has 2 rings (SSSR count). The Morgan fingerprint density at radius 1 is 1.20 bits per heavy atom. The Labute approximate surface area is 177 Å². The first-order chi connectivity index (χ1) is 13.7. The number of ether oxygens (including phenoxy) is 1. The highest BCUT2D eigenvalue weighted by Gasteiger charge is 2.37. The predicted octanol–water partition coefficient (Wildman–Crippen LogP) is 6.98. The summed E-state index contributed by atoms with van der Waals surface area (Å²) in [5, 5.41) is 7.36. The molecule has 1 amide bonds. The van der Waals surface area contributed by atoms with Gasteiger partial charge in [-0.05, 0) is 56.4 Å². The second-order valence-corrected chi connectivity index (χ2v) is 8.70. The number of halogens is 3. The molecule has 0 bridgehead atoms. The maximum Gasteiger partial charge on any atom is 0.433 e. The molecule has 0 radical (unpaired) electrons. The zero-order valence-electron chi connectivity index (χ0n) is 18.9. The van der Waals surface area contributed by atoms with E-state index in [0.29, 0.717) is 12.1 Å². The molecule has 0 saturated heterocycles. The number of hydrogen-bond acceptors (Lipinski definition) is 3. The van der Waals surface area contributed by atoms with Crippen LogP contribution in [0, 0.1) is 11.3 Å². The Hall–Kier alpha value is -2.31. The Bertz CT molecular complexity index is 791. The van der Waals surface area contributed by atoms with Gasteiger partial charge in [0.1, 0.15) is 11.3 Å². The number of allylic oxidation sites excluding steroid dienone is 2. The largest absolute Gasteiger partial charge is 0.444 e. The van der Waals surface area contributed by atoms with E-state index < -0.39 is 23.6 Å². The average Bonchev–Trinajstić information content (AvgIpc) is 3.04. The third-order valence-corrected chi connectivity index (χ3v) is 4.55. The topological polar surface area (TPSA) is 53.4 Å². The third-order valence-electron chi connectivity index (χ3n) is 4.55. The van der Waals surface area contributed by atoms with Crippen molar-refractivity contribution < 1.29 is 22.7 Å². The smallest absolute Gasteiger partial charge is 0.433 e. The van der Waals surface area contributed by atoms with Crippen LogP contribution in [0.1, 0.15) is 71.6 Å². The van der Waals surface area contributed by atoms with Crippen LogP contribution in [0.5, 0.6) is 0 Å². The van der Waals surface area contributed by atoms with E-state index in [2.05, 4.69) is 20.8 Å². The van der Waals surface area contributed by atoms with Crippen LogP contribution >= 0.6 is 0 Å². The van der Waals surface area contributed by atoms with Crippen molar-refractivity contribution in [3.05, 3.63) is 41.0 Å². The number of hydrogen-bond donors (Lipinski definition) is 1. The number of benzene rings is 1.